The molecule has 0 aliphatic rings. The van der Waals surface area contributed by atoms with Gasteiger partial charge in [-0.25, -0.2) is 4.79 Å². The molecule has 0 radical (unpaired) electrons. The zero-order valence-electron chi connectivity index (χ0n) is 6.98. The number of carboxylic acids is 2. The molecule has 0 aliphatic heterocycles. The van der Waals surface area contributed by atoms with Crippen LogP contribution in [0.15, 0.2) is 16.9 Å². The number of rotatable bonds is 3. The second-order valence-electron chi connectivity index (χ2n) is 2.59. The number of H-pyrrole nitrogens is 1. The Kier molecular flexibility index (Phi) is 2.66. The van der Waals surface area contributed by atoms with Gasteiger partial charge in [0.2, 0.25) is 5.56 Å². The fraction of sp³-hybridized carbons (Fsp3) is 0.125. The highest BCUT2D eigenvalue weighted by Gasteiger charge is 2.12. The number of hydrogen-bond donors (Lipinski definition) is 3. The number of aromatic nitrogens is 1. The molecule has 1 heterocycles. The summed E-state index contributed by atoms with van der Waals surface area (Å²) in [6.45, 7) is 0. The largest absolute Gasteiger partial charge is 0.481 e. The molecule has 1 rings (SSSR count). The Morgan fingerprint density at radius 1 is 1.29 bits per heavy atom. The van der Waals surface area contributed by atoms with Gasteiger partial charge in [-0.1, -0.05) is 0 Å². The molecular formula is C8H7NO5. The van der Waals surface area contributed by atoms with Crippen molar-refractivity contribution in [2.24, 2.45) is 0 Å². The van der Waals surface area contributed by atoms with Crippen LogP contribution in [-0.4, -0.2) is 27.1 Å². The van der Waals surface area contributed by atoms with Crippen LogP contribution >= 0.6 is 0 Å². The van der Waals surface area contributed by atoms with E-state index in [2.05, 4.69) is 4.98 Å². The number of carbonyl (C=O) groups is 2. The van der Waals surface area contributed by atoms with Crippen molar-refractivity contribution in [2.45, 2.75) is 6.42 Å². The molecule has 0 aromatic carbocycles. The van der Waals surface area contributed by atoms with Gasteiger partial charge in [-0.3, -0.25) is 9.59 Å². The molecule has 0 unspecified atom stereocenters. The SMILES string of the molecule is O=C(O)Cc1[nH]c(=O)ccc1C(=O)O. The lowest BCUT2D eigenvalue weighted by atomic mass is 10.1. The van der Waals surface area contributed by atoms with Crippen LogP contribution in [0.3, 0.4) is 0 Å². The first kappa shape index (κ1) is 9.97. The second-order valence-corrected chi connectivity index (χ2v) is 2.59. The minimum Gasteiger partial charge on any atom is -0.481 e. The topological polar surface area (TPSA) is 107 Å². The minimum atomic E-state index is -1.27. The van der Waals surface area contributed by atoms with Crippen LogP contribution in [0.1, 0.15) is 16.1 Å². The fourth-order valence-corrected chi connectivity index (χ4v) is 1.01. The van der Waals surface area contributed by atoms with Gasteiger partial charge in [-0.2, -0.15) is 0 Å². The van der Waals surface area contributed by atoms with E-state index in [1.54, 1.807) is 0 Å². The van der Waals surface area contributed by atoms with Gasteiger partial charge in [0, 0.05) is 11.8 Å². The number of hydrogen-bond acceptors (Lipinski definition) is 3. The number of carboxylic acid groups (broad SMARTS) is 2. The van der Waals surface area contributed by atoms with Gasteiger partial charge < -0.3 is 15.2 Å². The zero-order valence-corrected chi connectivity index (χ0v) is 6.98. The Balaban J connectivity index is 3.22. The average Bonchev–Trinajstić information content (AvgIpc) is 2.01. The molecule has 14 heavy (non-hydrogen) atoms. The van der Waals surface area contributed by atoms with Crippen LogP contribution in [-0.2, 0) is 11.2 Å². The quantitative estimate of drug-likeness (QED) is 0.616. The molecule has 0 aliphatic carbocycles. The molecule has 0 atom stereocenters. The number of aliphatic carboxylic acids is 1. The minimum absolute atomic E-state index is 0.0995. The lowest BCUT2D eigenvalue weighted by Gasteiger charge is -2.01. The van der Waals surface area contributed by atoms with Gasteiger partial charge >= 0.3 is 11.9 Å². The third-order valence-electron chi connectivity index (χ3n) is 1.56. The van der Waals surface area contributed by atoms with Crippen LogP contribution in [0.25, 0.3) is 0 Å². The number of aromatic carboxylic acids is 1. The third-order valence-corrected chi connectivity index (χ3v) is 1.56. The molecule has 0 fully saturated rings. The summed E-state index contributed by atoms with van der Waals surface area (Å²) in [5, 5.41) is 17.1. The van der Waals surface area contributed by atoms with Crippen molar-refractivity contribution in [1.29, 1.82) is 0 Å². The van der Waals surface area contributed by atoms with Crippen molar-refractivity contribution in [3.8, 4) is 0 Å². The van der Waals surface area contributed by atoms with E-state index in [-0.39, 0.29) is 11.3 Å². The molecule has 6 nitrogen and oxygen atoms in total. The van der Waals surface area contributed by atoms with Crippen LogP contribution in [0.5, 0.6) is 0 Å². The summed E-state index contributed by atoms with van der Waals surface area (Å²) in [6.07, 6.45) is -0.516. The van der Waals surface area contributed by atoms with E-state index in [1.807, 2.05) is 0 Å². The Labute approximate surface area is 77.8 Å². The van der Waals surface area contributed by atoms with Crippen molar-refractivity contribution in [2.75, 3.05) is 0 Å². The predicted octanol–water partition coefficient (Wildman–Crippen LogP) is -0.300. The van der Waals surface area contributed by atoms with Crippen molar-refractivity contribution < 1.29 is 19.8 Å². The van der Waals surface area contributed by atoms with E-state index < -0.39 is 23.9 Å². The third kappa shape index (κ3) is 2.19. The Hall–Kier alpha value is -2.11. The van der Waals surface area contributed by atoms with Gasteiger partial charge in [0.1, 0.15) is 0 Å². The standard InChI is InChI=1S/C8H7NO5/c10-6-2-1-4(8(13)14)5(9-6)3-7(11)12/h1-2H,3H2,(H,9,10)(H,11,12)(H,13,14). The lowest BCUT2D eigenvalue weighted by molar-refractivity contribution is -0.136. The summed E-state index contributed by atoms with van der Waals surface area (Å²) in [4.78, 5) is 33.9. The van der Waals surface area contributed by atoms with Crippen LogP contribution in [0, 0.1) is 0 Å². The molecule has 6 heteroatoms. The summed E-state index contributed by atoms with van der Waals surface area (Å²) in [5.74, 6) is -2.47. The Morgan fingerprint density at radius 2 is 1.93 bits per heavy atom. The average molecular weight is 197 g/mol. The number of nitrogens with one attached hydrogen (secondary N) is 1. The molecule has 0 bridgehead atoms. The molecule has 0 amide bonds. The first-order valence-corrected chi connectivity index (χ1v) is 3.68. The second kappa shape index (κ2) is 3.73. The van der Waals surface area contributed by atoms with Gasteiger partial charge in [0.15, 0.2) is 0 Å². The molecular weight excluding hydrogens is 190 g/mol. The van der Waals surface area contributed by atoms with E-state index in [1.165, 1.54) is 0 Å². The first-order chi connectivity index (χ1) is 6.50. The van der Waals surface area contributed by atoms with Gasteiger partial charge in [-0.05, 0) is 6.07 Å². The maximum Gasteiger partial charge on any atom is 0.337 e. The van der Waals surface area contributed by atoms with E-state index in [0.717, 1.165) is 12.1 Å². The van der Waals surface area contributed by atoms with E-state index >= 15 is 0 Å². The molecule has 1 aromatic rings. The molecule has 0 saturated carbocycles. The fourth-order valence-electron chi connectivity index (χ4n) is 1.01. The van der Waals surface area contributed by atoms with Crippen LogP contribution in [0.2, 0.25) is 0 Å². The van der Waals surface area contributed by atoms with Crippen molar-refractivity contribution in [1.82, 2.24) is 4.98 Å². The zero-order chi connectivity index (χ0) is 10.7. The maximum absolute atomic E-state index is 10.8. The van der Waals surface area contributed by atoms with E-state index in [4.69, 9.17) is 10.2 Å². The highest BCUT2D eigenvalue weighted by molar-refractivity contribution is 5.90. The first-order valence-electron chi connectivity index (χ1n) is 3.68. The normalized spacial score (nSPS) is 9.71. The summed E-state index contributed by atoms with van der Waals surface area (Å²) in [7, 11) is 0. The smallest absolute Gasteiger partial charge is 0.337 e. The van der Waals surface area contributed by atoms with Crippen molar-refractivity contribution in [3.63, 3.8) is 0 Å². The van der Waals surface area contributed by atoms with Crippen molar-refractivity contribution in [3.05, 3.63) is 33.7 Å². The van der Waals surface area contributed by atoms with Crippen LogP contribution in [0.4, 0.5) is 0 Å². The van der Waals surface area contributed by atoms with E-state index in [9.17, 15) is 14.4 Å². The Morgan fingerprint density at radius 3 is 2.43 bits per heavy atom. The summed E-state index contributed by atoms with van der Waals surface area (Å²) in [5.41, 5.74) is -0.823. The summed E-state index contributed by atoms with van der Waals surface area (Å²) < 4.78 is 0. The highest BCUT2D eigenvalue weighted by atomic mass is 16.4. The molecule has 0 saturated heterocycles. The van der Waals surface area contributed by atoms with E-state index in [0.29, 0.717) is 0 Å². The van der Waals surface area contributed by atoms with Gasteiger partial charge in [0.25, 0.3) is 0 Å². The number of pyridine rings is 1. The van der Waals surface area contributed by atoms with Crippen LogP contribution < -0.4 is 5.56 Å². The predicted molar refractivity (Wildman–Crippen MR) is 45.4 cm³/mol. The molecule has 1 aromatic heterocycles. The van der Waals surface area contributed by atoms with Gasteiger partial charge in [-0.15, -0.1) is 0 Å². The molecule has 3 N–H and O–H groups in total. The van der Waals surface area contributed by atoms with Gasteiger partial charge in [0.05, 0.1) is 12.0 Å². The Bertz CT molecular complexity index is 434. The maximum atomic E-state index is 10.8. The lowest BCUT2D eigenvalue weighted by Crippen LogP contribution is -2.16. The summed E-state index contributed by atoms with van der Waals surface area (Å²) >= 11 is 0. The molecule has 74 valence electrons. The van der Waals surface area contributed by atoms with Crippen molar-refractivity contribution >= 4 is 11.9 Å². The monoisotopic (exact) mass is 197 g/mol. The number of aromatic amines is 1. The molecule has 0 spiro atoms. The summed E-state index contributed by atoms with van der Waals surface area (Å²) in [6, 6.07) is 2.12. The highest BCUT2D eigenvalue weighted by Crippen LogP contribution is 2.03.